The molecule has 1 fully saturated rings. The van der Waals surface area contributed by atoms with E-state index in [4.69, 9.17) is 16.3 Å². The molecule has 1 aliphatic carbocycles. The topological polar surface area (TPSA) is 50.7 Å². The fourth-order valence-electron chi connectivity index (χ4n) is 3.78. The Labute approximate surface area is 191 Å². The number of ether oxygens (including phenoxy) is 1. The Balaban J connectivity index is 1.49. The highest BCUT2D eigenvalue weighted by Gasteiger charge is 2.07. The molecule has 0 heterocycles. The van der Waals surface area contributed by atoms with Gasteiger partial charge < -0.3 is 4.74 Å². The van der Waals surface area contributed by atoms with E-state index in [0.29, 0.717) is 17.2 Å². The Morgan fingerprint density at radius 1 is 0.806 bits per heavy atom. The van der Waals surface area contributed by atoms with Gasteiger partial charge in [0, 0.05) is 16.3 Å². The van der Waals surface area contributed by atoms with Crippen LogP contribution >= 0.6 is 11.6 Å². The average Bonchev–Trinajstić information content (AvgIpc) is 2.78. The normalized spacial score (nSPS) is 16.0. The van der Waals surface area contributed by atoms with Crippen LogP contribution in [0, 0.1) is 0 Å². The summed E-state index contributed by atoms with van der Waals surface area (Å²) in [5, 5.41) is 5.18. The lowest BCUT2D eigenvalue weighted by Crippen LogP contribution is -2.19. The molecule has 1 amide bonds. The van der Waals surface area contributed by atoms with Crippen molar-refractivity contribution in [1.82, 2.24) is 5.43 Å². The van der Waals surface area contributed by atoms with Crippen LogP contribution in [0.2, 0.25) is 5.02 Å². The van der Waals surface area contributed by atoms with E-state index in [1.165, 1.54) is 44.9 Å². The van der Waals surface area contributed by atoms with Crippen LogP contribution in [0.25, 0.3) is 0 Å². The smallest absolute Gasteiger partial charge is 0.271 e. The zero-order valence-corrected chi connectivity index (χ0v) is 19.0. The maximum absolute atomic E-state index is 12.5. The molecule has 1 aliphatic rings. The predicted octanol–water partition coefficient (Wildman–Crippen LogP) is 7.31. The molecule has 5 heteroatoms. The summed E-state index contributed by atoms with van der Waals surface area (Å²) in [6, 6.07) is 14.7. The van der Waals surface area contributed by atoms with E-state index in [2.05, 4.69) is 10.5 Å². The highest BCUT2D eigenvalue weighted by Crippen LogP contribution is 2.17. The lowest BCUT2D eigenvalue weighted by atomic mass is 10.00. The first-order valence-corrected chi connectivity index (χ1v) is 11.9. The third kappa shape index (κ3) is 8.74. The van der Waals surface area contributed by atoms with Crippen LogP contribution in [-0.4, -0.2) is 11.6 Å². The zero-order chi connectivity index (χ0) is 21.7. The number of nitrogens with zero attached hydrogens (tertiary/aromatic N) is 1. The van der Waals surface area contributed by atoms with Crippen LogP contribution in [0.3, 0.4) is 0 Å². The second-order valence-electron chi connectivity index (χ2n) is 8.24. The molecule has 1 saturated carbocycles. The molecule has 0 aromatic heterocycles. The molecule has 31 heavy (non-hydrogen) atoms. The van der Waals surface area contributed by atoms with E-state index in [-0.39, 0.29) is 5.91 Å². The molecule has 0 radical (unpaired) electrons. The van der Waals surface area contributed by atoms with Crippen molar-refractivity contribution in [3.63, 3.8) is 0 Å². The molecule has 2 aromatic carbocycles. The number of nitrogens with one attached hydrogen (secondary N) is 1. The molecule has 0 spiro atoms. The van der Waals surface area contributed by atoms with Gasteiger partial charge in [0.1, 0.15) is 12.4 Å². The minimum atomic E-state index is -0.178. The van der Waals surface area contributed by atoms with Crippen molar-refractivity contribution in [3.8, 4) is 5.75 Å². The molecule has 0 atom stereocenters. The van der Waals surface area contributed by atoms with E-state index in [9.17, 15) is 4.79 Å². The highest BCUT2D eigenvalue weighted by atomic mass is 35.5. The van der Waals surface area contributed by atoms with Crippen molar-refractivity contribution in [3.05, 3.63) is 64.7 Å². The van der Waals surface area contributed by atoms with Gasteiger partial charge in [0.05, 0.1) is 0 Å². The van der Waals surface area contributed by atoms with Crippen molar-refractivity contribution in [2.75, 3.05) is 0 Å². The maximum atomic E-state index is 12.5. The van der Waals surface area contributed by atoms with Gasteiger partial charge in [-0.3, -0.25) is 4.79 Å². The summed E-state index contributed by atoms with van der Waals surface area (Å²) in [7, 11) is 0. The first kappa shape index (κ1) is 23.3. The minimum Gasteiger partial charge on any atom is -0.489 e. The van der Waals surface area contributed by atoms with Crippen LogP contribution in [0.5, 0.6) is 5.75 Å². The van der Waals surface area contributed by atoms with Crippen molar-refractivity contribution < 1.29 is 9.53 Å². The molecule has 0 saturated heterocycles. The monoisotopic (exact) mass is 440 g/mol. The predicted molar refractivity (Wildman–Crippen MR) is 128 cm³/mol. The molecule has 0 bridgehead atoms. The number of halogens is 1. The molecule has 1 N–H and O–H groups in total. The van der Waals surface area contributed by atoms with E-state index in [1.807, 2.05) is 36.4 Å². The fourth-order valence-corrected chi connectivity index (χ4v) is 3.90. The Morgan fingerprint density at radius 3 is 1.94 bits per heavy atom. The Hall–Kier alpha value is -2.33. The van der Waals surface area contributed by atoms with Gasteiger partial charge in [0.15, 0.2) is 0 Å². The summed E-state index contributed by atoms with van der Waals surface area (Å²) >= 11 is 5.90. The van der Waals surface area contributed by atoms with Gasteiger partial charge in [-0.1, -0.05) is 68.7 Å². The summed E-state index contributed by atoms with van der Waals surface area (Å²) in [6.45, 7) is 0.455. The van der Waals surface area contributed by atoms with Crippen molar-refractivity contribution >= 4 is 23.2 Å². The quantitative estimate of drug-likeness (QED) is 0.495. The van der Waals surface area contributed by atoms with Gasteiger partial charge in [-0.2, -0.15) is 5.10 Å². The van der Waals surface area contributed by atoms with Crippen LogP contribution in [0.1, 0.15) is 86.6 Å². The van der Waals surface area contributed by atoms with Crippen molar-refractivity contribution in [1.29, 1.82) is 0 Å². The number of benzene rings is 2. The van der Waals surface area contributed by atoms with E-state index in [0.717, 1.165) is 42.7 Å². The number of rotatable bonds is 5. The number of hydrogen-bond acceptors (Lipinski definition) is 3. The molecule has 4 nitrogen and oxygen atoms in total. The van der Waals surface area contributed by atoms with Gasteiger partial charge in [0.25, 0.3) is 5.91 Å². The second kappa shape index (κ2) is 13.2. The summed E-state index contributed by atoms with van der Waals surface area (Å²) in [4.78, 5) is 12.5. The first-order chi connectivity index (χ1) is 15.2. The van der Waals surface area contributed by atoms with Gasteiger partial charge in [0.2, 0.25) is 0 Å². The SMILES string of the molecule is O=C(NN=C1CCCCCCCCCCC1)c1ccc(OCc2ccc(Cl)cc2)cc1. The van der Waals surface area contributed by atoms with Crippen LogP contribution in [-0.2, 0) is 6.61 Å². The van der Waals surface area contributed by atoms with E-state index >= 15 is 0 Å². The zero-order valence-electron chi connectivity index (χ0n) is 18.2. The van der Waals surface area contributed by atoms with Crippen molar-refractivity contribution in [2.45, 2.75) is 77.2 Å². The third-order valence-electron chi connectivity index (χ3n) is 5.68. The highest BCUT2D eigenvalue weighted by molar-refractivity contribution is 6.30. The van der Waals surface area contributed by atoms with Crippen LogP contribution in [0.15, 0.2) is 53.6 Å². The van der Waals surface area contributed by atoms with E-state index < -0.39 is 0 Å². The molecule has 166 valence electrons. The lowest BCUT2D eigenvalue weighted by Gasteiger charge is -2.10. The number of amides is 1. The second-order valence-corrected chi connectivity index (χ2v) is 8.68. The standard InChI is InChI=1S/C26H33ClN2O2/c27-23-16-12-21(13-17-23)20-31-25-18-14-22(15-19-25)26(30)29-28-24-10-8-6-4-2-1-3-5-7-9-11-24/h12-19H,1-11,20H2,(H,29,30). The molecule has 0 aliphatic heterocycles. The van der Waals surface area contributed by atoms with Gasteiger partial charge in [-0.05, 0) is 67.6 Å². The van der Waals surface area contributed by atoms with E-state index in [1.54, 1.807) is 12.1 Å². The first-order valence-electron chi connectivity index (χ1n) is 11.5. The molecule has 3 rings (SSSR count). The Kier molecular flexibility index (Phi) is 9.91. The van der Waals surface area contributed by atoms with Gasteiger partial charge >= 0.3 is 0 Å². The third-order valence-corrected chi connectivity index (χ3v) is 5.93. The Bertz CT molecular complexity index is 817. The van der Waals surface area contributed by atoms with Crippen LogP contribution < -0.4 is 10.2 Å². The summed E-state index contributed by atoms with van der Waals surface area (Å²) in [6.07, 6.45) is 13.5. The van der Waals surface area contributed by atoms with Crippen molar-refractivity contribution in [2.24, 2.45) is 5.10 Å². The minimum absolute atomic E-state index is 0.178. The summed E-state index contributed by atoms with van der Waals surface area (Å²) in [5.74, 6) is 0.542. The molecule has 2 aromatic rings. The summed E-state index contributed by atoms with van der Waals surface area (Å²) < 4.78 is 5.79. The molecular formula is C26H33ClN2O2. The number of hydrogen-bond donors (Lipinski definition) is 1. The Morgan fingerprint density at radius 2 is 1.35 bits per heavy atom. The number of carbonyl (C=O) groups is 1. The van der Waals surface area contributed by atoms with Gasteiger partial charge in [-0.15, -0.1) is 0 Å². The average molecular weight is 441 g/mol. The number of hydrazone groups is 1. The lowest BCUT2D eigenvalue weighted by molar-refractivity contribution is 0.0954. The summed E-state index contributed by atoms with van der Waals surface area (Å²) in [5.41, 5.74) is 5.50. The molecular weight excluding hydrogens is 408 g/mol. The maximum Gasteiger partial charge on any atom is 0.271 e. The fraction of sp³-hybridized carbons (Fsp3) is 0.462. The largest absolute Gasteiger partial charge is 0.489 e. The van der Waals surface area contributed by atoms with Crippen LogP contribution in [0.4, 0.5) is 0 Å². The van der Waals surface area contributed by atoms with Gasteiger partial charge in [-0.25, -0.2) is 5.43 Å². The number of carbonyl (C=O) groups excluding carboxylic acids is 1. The molecule has 0 unspecified atom stereocenters.